The molecule has 2 aromatic rings. The van der Waals surface area contributed by atoms with Crippen LogP contribution in [0.3, 0.4) is 0 Å². The Morgan fingerprint density at radius 1 is 1.17 bits per heavy atom. The van der Waals surface area contributed by atoms with E-state index in [1.54, 1.807) is 6.08 Å². The lowest BCUT2D eigenvalue weighted by atomic mass is 9.99. The SMILES string of the molecule is O=C(O)CC=Cc1ccc2c3c(cccc13)CC2. The second-order valence-corrected chi connectivity index (χ2v) is 4.65. The third kappa shape index (κ3) is 1.80. The van der Waals surface area contributed by atoms with Crippen LogP contribution in [0.25, 0.3) is 16.8 Å². The molecule has 1 N–H and O–H groups in total. The lowest BCUT2D eigenvalue weighted by Crippen LogP contribution is -1.90. The van der Waals surface area contributed by atoms with Crippen LogP contribution in [-0.2, 0) is 17.6 Å². The molecule has 0 aromatic heterocycles. The van der Waals surface area contributed by atoms with Crippen molar-refractivity contribution in [2.45, 2.75) is 19.3 Å². The van der Waals surface area contributed by atoms with E-state index >= 15 is 0 Å². The summed E-state index contributed by atoms with van der Waals surface area (Å²) in [7, 11) is 0. The van der Waals surface area contributed by atoms with Crippen LogP contribution in [-0.4, -0.2) is 11.1 Å². The predicted octanol–water partition coefficient (Wildman–Crippen LogP) is 3.43. The van der Waals surface area contributed by atoms with Gasteiger partial charge in [0.15, 0.2) is 0 Å². The van der Waals surface area contributed by atoms with E-state index in [-0.39, 0.29) is 6.42 Å². The molecule has 0 unspecified atom stereocenters. The van der Waals surface area contributed by atoms with E-state index in [0.29, 0.717) is 0 Å². The van der Waals surface area contributed by atoms with E-state index in [1.807, 2.05) is 6.08 Å². The summed E-state index contributed by atoms with van der Waals surface area (Å²) in [5.41, 5.74) is 3.94. The molecule has 2 heteroatoms. The molecule has 3 rings (SSSR count). The van der Waals surface area contributed by atoms with Gasteiger partial charge in [0, 0.05) is 0 Å². The molecule has 0 saturated heterocycles. The van der Waals surface area contributed by atoms with Crippen LogP contribution in [0.4, 0.5) is 0 Å². The van der Waals surface area contributed by atoms with Gasteiger partial charge in [-0.15, -0.1) is 0 Å². The summed E-state index contributed by atoms with van der Waals surface area (Å²) in [6.07, 6.45) is 5.93. The first-order valence-electron chi connectivity index (χ1n) is 6.17. The molecule has 18 heavy (non-hydrogen) atoms. The van der Waals surface area contributed by atoms with Crippen LogP contribution in [0, 0.1) is 0 Å². The molecule has 0 fully saturated rings. The fourth-order valence-electron chi connectivity index (χ4n) is 2.70. The molecule has 0 aliphatic heterocycles. The molecule has 2 aromatic carbocycles. The van der Waals surface area contributed by atoms with Crippen molar-refractivity contribution >= 4 is 22.8 Å². The zero-order chi connectivity index (χ0) is 12.5. The van der Waals surface area contributed by atoms with E-state index in [1.165, 1.54) is 21.9 Å². The first-order valence-corrected chi connectivity index (χ1v) is 6.17. The lowest BCUT2D eigenvalue weighted by molar-refractivity contribution is -0.135. The van der Waals surface area contributed by atoms with E-state index in [9.17, 15) is 4.79 Å². The van der Waals surface area contributed by atoms with Crippen LogP contribution in [0.5, 0.6) is 0 Å². The monoisotopic (exact) mass is 238 g/mol. The van der Waals surface area contributed by atoms with E-state index < -0.39 is 5.97 Å². The van der Waals surface area contributed by atoms with Crippen molar-refractivity contribution < 1.29 is 9.90 Å². The normalized spacial score (nSPS) is 13.6. The molecule has 1 aliphatic rings. The summed E-state index contributed by atoms with van der Waals surface area (Å²) < 4.78 is 0. The van der Waals surface area contributed by atoms with Crippen molar-refractivity contribution in [2.24, 2.45) is 0 Å². The Kier molecular flexibility index (Phi) is 2.63. The molecule has 90 valence electrons. The number of aryl methyl sites for hydroxylation is 2. The Morgan fingerprint density at radius 3 is 2.72 bits per heavy atom. The minimum absolute atomic E-state index is 0.0724. The summed E-state index contributed by atoms with van der Waals surface area (Å²) in [4.78, 5) is 10.5. The van der Waals surface area contributed by atoms with E-state index in [0.717, 1.165) is 18.4 Å². The first kappa shape index (κ1) is 11.0. The number of benzene rings is 2. The van der Waals surface area contributed by atoms with Gasteiger partial charge in [-0.05, 0) is 40.3 Å². The van der Waals surface area contributed by atoms with E-state index in [4.69, 9.17) is 5.11 Å². The number of carboxylic acids is 1. The number of carbonyl (C=O) groups is 1. The molecular weight excluding hydrogens is 224 g/mol. The lowest BCUT2D eigenvalue weighted by Gasteiger charge is -2.05. The fraction of sp³-hybridized carbons (Fsp3) is 0.188. The maximum atomic E-state index is 10.5. The summed E-state index contributed by atoms with van der Waals surface area (Å²) in [5, 5.41) is 11.3. The van der Waals surface area contributed by atoms with Crippen molar-refractivity contribution in [1.29, 1.82) is 0 Å². The third-order valence-electron chi connectivity index (χ3n) is 3.50. The second kappa shape index (κ2) is 4.30. The number of aliphatic carboxylic acids is 1. The second-order valence-electron chi connectivity index (χ2n) is 4.65. The standard InChI is InChI=1S/C16H14O2/c17-15(18)6-2-3-11-7-8-13-10-9-12-4-1-5-14(11)16(12)13/h1-5,7-8H,6,9-10H2,(H,17,18). The van der Waals surface area contributed by atoms with Crippen molar-refractivity contribution in [1.82, 2.24) is 0 Å². The van der Waals surface area contributed by atoms with Crippen LogP contribution < -0.4 is 0 Å². The van der Waals surface area contributed by atoms with Crippen LogP contribution in [0.2, 0.25) is 0 Å². The Morgan fingerprint density at radius 2 is 1.94 bits per heavy atom. The molecule has 2 nitrogen and oxygen atoms in total. The Labute approximate surface area is 106 Å². The van der Waals surface area contributed by atoms with Gasteiger partial charge in [0.1, 0.15) is 0 Å². The van der Waals surface area contributed by atoms with Gasteiger partial charge in [0.25, 0.3) is 0 Å². The molecule has 0 spiro atoms. The molecule has 0 amide bonds. The average Bonchev–Trinajstić information content (AvgIpc) is 2.77. The highest BCUT2D eigenvalue weighted by Gasteiger charge is 2.14. The van der Waals surface area contributed by atoms with Crippen LogP contribution in [0.15, 0.2) is 36.4 Å². The number of hydrogen-bond acceptors (Lipinski definition) is 1. The number of hydrogen-bond donors (Lipinski definition) is 1. The van der Waals surface area contributed by atoms with Crippen molar-refractivity contribution in [3.05, 3.63) is 53.1 Å². The minimum Gasteiger partial charge on any atom is -0.481 e. The Bertz CT molecular complexity index is 643. The average molecular weight is 238 g/mol. The van der Waals surface area contributed by atoms with Crippen molar-refractivity contribution in [3.8, 4) is 0 Å². The number of carboxylic acid groups (broad SMARTS) is 1. The Hall–Kier alpha value is -2.09. The molecule has 0 bridgehead atoms. The molecule has 0 heterocycles. The zero-order valence-electron chi connectivity index (χ0n) is 10.0. The van der Waals surface area contributed by atoms with E-state index in [2.05, 4.69) is 30.3 Å². The highest BCUT2D eigenvalue weighted by molar-refractivity contribution is 5.96. The molecule has 1 aliphatic carbocycles. The maximum absolute atomic E-state index is 10.5. The van der Waals surface area contributed by atoms with Gasteiger partial charge < -0.3 is 5.11 Å². The van der Waals surface area contributed by atoms with Gasteiger partial charge in [-0.2, -0.15) is 0 Å². The highest BCUT2D eigenvalue weighted by atomic mass is 16.4. The van der Waals surface area contributed by atoms with Gasteiger partial charge >= 0.3 is 5.97 Å². The van der Waals surface area contributed by atoms with Gasteiger partial charge in [-0.3, -0.25) is 4.79 Å². The van der Waals surface area contributed by atoms with Gasteiger partial charge in [-0.25, -0.2) is 0 Å². The summed E-state index contributed by atoms with van der Waals surface area (Å²) in [5.74, 6) is -0.794. The van der Waals surface area contributed by atoms with Crippen LogP contribution in [0.1, 0.15) is 23.1 Å². The summed E-state index contributed by atoms with van der Waals surface area (Å²) in [6, 6.07) is 10.6. The van der Waals surface area contributed by atoms with Crippen molar-refractivity contribution in [2.75, 3.05) is 0 Å². The quantitative estimate of drug-likeness (QED) is 0.889. The molecular formula is C16H14O2. The smallest absolute Gasteiger partial charge is 0.307 e. The zero-order valence-corrected chi connectivity index (χ0v) is 10.0. The predicted molar refractivity (Wildman–Crippen MR) is 72.6 cm³/mol. The minimum atomic E-state index is -0.794. The van der Waals surface area contributed by atoms with Gasteiger partial charge in [-0.1, -0.05) is 42.5 Å². The topological polar surface area (TPSA) is 37.3 Å². The summed E-state index contributed by atoms with van der Waals surface area (Å²) in [6.45, 7) is 0. The van der Waals surface area contributed by atoms with Crippen molar-refractivity contribution in [3.63, 3.8) is 0 Å². The Balaban J connectivity index is 2.09. The van der Waals surface area contributed by atoms with Gasteiger partial charge in [0.2, 0.25) is 0 Å². The molecule has 0 atom stereocenters. The summed E-state index contributed by atoms with van der Waals surface area (Å²) >= 11 is 0. The maximum Gasteiger partial charge on any atom is 0.307 e. The number of rotatable bonds is 3. The molecule has 0 saturated carbocycles. The van der Waals surface area contributed by atoms with Gasteiger partial charge in [0.05, 0.1) is 6.42 Å². The first-order chi connectivity index (χ1) is 8.75. The fourth-order valence-corrected chi connectivity index (χ4v) is 2.70. The highest BCUT2D eigenvalue weighted by Crippen LogP contribution is 2.33. The largest absolute Gasteiger partial charge is 0.481 e. The van der Waals surface area contributed by atoms with Crippen LogP contribution >= 0.6 is 0 Å². The molecule has 0 radical (unpaired) electrons. The third-order valence-corrected chi connectivity index (χ3v) is 3.50.